The van der Waals surface area contributed by atoms with Gasteiger partial charge in [0.15, 0.2) is 22.8 Å². The first-order valence-electron chi connectivity index (χ1n) is 9.61. The molecule has 0 bridgehead atoms. The van der Waals surface area contributed by atoms with Gasteiger partial charge in [0, 0.05) is 31.8 Å². The van der Waals surface area contributed by atoms with Gasteiger partial charge in [0.05, 0.1) is 11.9 Å². The van der Waals surface area contributed by atoms with Gasteiger partial charge in [-0.3, -0.25) is 4.40 Å². The van der Waals surface area contributed by atoms with Crippen LogP contribution in [-0.2, 0) is 11.8 Å². The Balaban J connectivity index is 2.17. The second-order valence-electron chi connectivity index (χ2n) is 7.69. The standard InChI is InChI=1S/C20H19F6N5O3/c1-10-3-4-11(18(34,20(24,25)26)5-6-30(2)17(32)33)7-12(10)13-8-28-16-15(27)29-14(9-31(13)16)19(21,22)23/h3-4,7-9,34H,5-6H2,1-2H3,(H2,27,29)(H,32,33). The van der Waals surface area contributed by atoms with Crippen LogP contribution in [0.25, 0.3) is 16.9 Å². The van der Waals surface area contributed by atoms with Crippen LogP contribution >= 0.6 is 0 Å². The molecule has 2 heterocycles. The third kappa shape index (κ3) is 4.44. The molecule has 14 heteroatoms. The van der Waals surface area contributed by atoms with E-state index in [0.29, 0.717) is 16.7 Å². The van der Waals surface area contributed by atoms with Gasteiger partial charge in [-0.15, -0.1) is 0 Å². The van der Waals surface area contributed by atoms with Crippen molar-refractivity contribution in [3.8, 4) is 11.3 Å². The number of carbonyl (C=O) groups is 1. The Morgan fingerprint density at radius 3 is 2.41 bits per heavy atom. The van der Waals surface area contributed by atoms with Gasteiger partial charge in [0.1, 0.15) is 0 Å². The van der Waals surface area contributed by atoms with Crippen LogP contribution in [0.5, 0.6) is 0 Å². The Hall–Kier alpha value is -3.55. The molecule has 3 aromatic rings. The largest absolute Gasteiger partial charge is 0.465 e. The number of nitrogen functional groups attached to an aromatic ring is 1. The van der Waals surface area contributed by atoms with E-state index in [9.17, 15) is 36.2 Å². The van der Waals surface area contributed by atoms with E-state index in [1.165, 1.54) is 13.0 Å². The predicted molar refractivity (Wildman–Crippen MR) is 108 cm³/mol. The van der Waals surface area contributed by atoms with Crippen molar-refractivity contribution in [1.29, 1.82) is 0 Å². The van der Waals surface area contributed by atoms with Crippen molar-refractivity contribution in [3.05, 3.63) is 47.4 Å². The van der Waals surface area contributed by atoms with E-state index in [2.05, 4.69) is 9.97 Å². The average molecular weight is 491 g/mol. The number of amides is 1. The number of halogens is 6. The molecule has 34 heavy (non-hydrogen) atoms. The number of imidazole rings is 1. The van der Waals surface area contributed by atoms with E-state index in [1.54, 1.807) is 0 Å². The van der Waals surface area contributed by atoms with Gasteiger partial charge in [-0.25, -0.2) is 14.8 Å². The lowest BCUT2D eigenvalue weighted by Crippen LogP contribution is -2.45. The van der Waals surface area contributed by atoms with Crippen LogP contribution in [0.1, 0.15) is 23.2 Å². The minimum atomic E-state index is -5.18. The molecule has 0 aliphatic heterocycles. The van der Waals surface area contributed by atoms with Crippen LogP contribution in [0.15, 0.2) is 30.6 Å². The molecule has 8 nitrogen and oxygen atoms in total. The maximum atomic E-state index is 13.9. The first-order valence-corrected chi connectivity index (χ1v) is 9.61. The number of benzene rings is 1. The maximum absolute atomic E-state index is 13.9. The van der Waals surface area contributed by atoms with Crippen LogP contribution in [0.4, 0.5) is 37.0 Å². The molecule has 1 atom stereocenters. The van der Waals surface area contributed by atoms with Crippen molar-refractivity contribution < 1.29 is 41.4 Å². The Labute approximate surface area is 188 Å². The molecule has 0 saturated heterocycles. The summed E-state index contributed by atoms with van der Waals surface area (Å²) < 4.78 is 82.4. The minimum absolute atomic E-state index is 0.0128. The molecule has 0 aliphatic rings. The second kappa shape index (κ2) is 8.34. The highest BCUT2D eigenvalue weighted by atomic mass is 19.4. The highest BCUT2D eigenvalue weighted by Crippen LogP contribution is 2.43. The normalized spacial score (nSPS) is 14.3. The lowest BCUT2D eigenvalue weighted by molar-refractivity contribution is -0.269. The highest BCUT2D eigenvalue weighted by molar-refractivity contribution is 5.72. The first kappa shape index (κ1) is 25.1. The number of hydrogen-bond donors (Lipinski definition) is 3. The molecule has 0 spiro atoms. The smallest absolute Gasteiger partial charge is 0.434 e. The number of carboxylic acid groups (broad SMARTS) is 1. The van der Waals surface area contributed by atoms with Crippen molar-refractivity contribution in [2.45, 2.75) is 31.3 Å². The molecule has 184 valence electrons. The lowest BCUT2D eigenvalue weighted by atomic mass is 9.87. The zero-order chi connectivity index (χ0) is 25.6. The minimum Gasteiger partial charge on any atom is -0.465 e. The molecular weight excluding hydrogens is 472 g/mol. The van der Waals surface area contributed by atoms with E-state index in [-0.39, 0.29) is 16.9 Å². The van der Waals surface area contributed by atoms with Gasteiger partial charge in [0.25, 0.3) is 0 Å². The molecule has 1 amide bonds. The van der Waals surface area contributed by atoms with Crippen molar-refractivity contribution in [2.75, 3.05) is 19.3 Å². The molecule has 0 fully saturated rings. The lowest BCUT2D eigenvalue weighted by Gasteiger charge is -2.32. The summed E-state index contributed by atoms with van der Waals surface area (Å²) in [6, 6.07) is 3.27. The second-order valence-corrected chi connectivity index (χ2v) is 7.69. The number of nitrogens with zero attached hydrogens (tertiary/aromatic N) is 4. The summed E-state index contributed by atoms with van der Waals surface area (Å²) in [7, 11) is 1.05. The third-order valence-electron chi connectivity index (χ3n) is 5.40. The number of aryl methyl sites for hydroxylation is 1. The maximum Gasteiger partial charge on any atom is 0.434 e. The SMILES string of the molecule is Cc1ccc(C(O)(CCN(C)C(=O)O)C(F)(F)F)cc1-c1cnc2c(N)nc(C(F)(F)F)cn12. The van der Waals surface area contributed by atoms with E-state index in [4.69, 9.17) is 10.8 Å². The molecule has 0 radical (unpaired) electrons. The Morgan fingerprint density at radius 1 is 1.21 bits per heavy atom. The van der Waals surface area contributed by atoms with E-state index in [0.717, 1.165) is 29.8 Å². The fraction of sp³-hybridized carbons (Fsp3) is 0.350. The van der Waals surface area contributed by atoms with Gasteiger partial charge < -0.3 is 20.8 Å². The van der Waals surface area contributed by atoms with Crippen LogP contribution in [0.3, 0.4) is 0 Å². The molecule has 0 saturated carbocycles. The van der Waals surface area contributed by atoms with E-state index < -0.39 is 54.1 Å². The molecule has 1 unspecified atom stereocenters. The molecular formula is C20H19F6N5O3. The van der Waals surface area contributed by atoms with Gasteiger partial charge in [0.2, 0.25) is 0 Å². The molecule has 1 aromatic carbocycles. The highest BCUT2D eigenvalue weighted by Gasteiger charge is 2.54. The predicted octanol–water partition coefficient (Wildman–Crippen LogP) is 4.06. The molecule has 0 aliphatic carbocycles. The summed E-state index contributed by atoms with van der Waals surface area (Å²) in [6.45, 7) is 0.875. The Bertz CT molecular complexity index is 1240. The summed E-state index contributed by atoms with van der Waals surface area (Å²) in [5.41, 5.74) is 0.500. The van der Waals surface area contributed by atoms with Crippen molar-refractivity contribution in [3.63, 3.8) is 0 Å². The number of rotatable bonds is 5. The summed E-state index contributed by atoms with van der Waals surface area (Å²) >= 11 is 0. The average Bonchev–Trinajstić information content (AvgIpc) is 3.15. The molecule has 2 aromatic heterocycles. The van der Waals surface area contributed by atoms with E-state index >= 15 is 0 Å². The van der Waals surface area contributed by atoms with E-state index in [1.807, 2.05) is 0 Å². The number of alkyl halides is 6. The summed E-state index contributed by atoms with van der Waals surface area (Å²) in [5.74, 6) is -0.529. The summed E-state index contributed by atoms with van der Waals surface area (Å²) in [5, 5.41) is 19.5. The zero-order valence-electron chi connectivity index (χ0n) is 17.7. The fourth-order valence-corrected chi connectivity index (χ4v) is 3.38. The van der Waals surface area contributed by atoms with Crippen molar-refractivity contribution in [1.82, 2.24) is 19.3 Å². The number of fused-ring (bicyclic) bond motifs is 1. The Morgan fingerprint density at radius 2 is 1.85 bits per heavy atom. The van der Waals surface area contributed by atoms with Crippen LogP contribution in [-0.4, -0.2) is 55.3 Å². The fourth-order valence-electron chi connectivity index (χ4n) is 3.38. The Kier molecular flexibility index (Phi) is 6.15. The number of aromatic nitrogens is 3. The van der Waals surface area contributed by atoms with Crippen LogP contribution < -0.4 is 5.73 Å². The number of anilines is 1. The summed E-state index contributed by atoms with van der Waals surface area (Å²) in [4.78, 5) is 18.8. The molecule has 3 rings (SSSR count). The number of hydrogen-bond acceptors (Lipinski definition) is 5. The third-order valence-corrected chi connectivity index (χ3v) is 5.40. The van der Waals surface area contributed by atoms with Crippen LogP contribution in [0, 0.1) is 6.92 Å². The van der Waals surface area contributed by atoms with Crippen molar-refractivity contribution in [2.24, 2.45) is 0 Å². The first-order chi connectivity index (χ1) is 15.6. The van der Waals surface area contributed by atoms with Gasteiger partial charge in [-0.05, 0) is 24.1 Å². The molecule has 4 N–H and O–H groups in total. The van der Waals surface area contributed by atoms with Crippen molar-refractivity contribution >= 4 is 17.6 Å². The van der Waals surface area contributed by atoms with Gasteiger partial charge >= 0.3 is 18.4 Å². The monoisotopic (exact) mass is 491 g/mol. The van der Waals surface area contributed by atoms with Gasteiger partial charge in [-0.2, -0.15) is 26.3 Å². The van der Waals surface area contributed by atoms with Gasteiger partial charge in [-0.1, -0.05) is 12.1 Å². The zero-order valence-corrected chi connectivity index (χ0v) is 17.7. The van der Waals surface area contributed by atoms with Crippen LogP contribution in [0.2, 0.25) is 0 Å². The topological polar surface area (TPSA) is 117 Å². The quantitative estimate of drug-likeness (QED) is 0.464. The number of aliphatic hydroxyl groups is 1. The number of nitrogens with two attached hydrogens (primary N) is 1. The summed E-state index contributed by atoms with van der Waals surface area (Å²) in [6.07, 6.45) is -10.8.